The summed E-state index contributed by atoms with van der Waals surface area (Å²) >= 11 is 0. The number of rotatable bonds is 1. The first-order valence-electron chi connectivity index (χ1n) is 3.92. The highest BCUT2D eigenvalue weighted by Crippen LogP contribution is 2.27. The second-order valence-corrected chi connectivity index (χ2v) is 5.23. The molecule has 0 aromatic heterocycles. The molecule has 3 heteroatoms. The lowest BCUT2D eigenvalue weighted by molar-refractivity contribution is 0.552. The molecule has 64 valence electrons. The molecular weight excluding hydrogens is 160 g/mol. The Morgan fingerprint density at radius 1 is 1.55 bits per heavy atom. The zero-order chi connectivity index (χ0) is 8.48. The van der Waals surface area contributed by atoms with Crippen molar-refractivity contribution in [3.8, 4) is 0 Å². The van der Waals surface area contributed by atoms with Crippen molar-refractivity contribution in [3.05, 3.63) is 11.0 Å². The Hall–Kier alpha value is -0.310. The largest absolute Gasteiger partial charge is 0.224 e. The molecule has 0 aliphatic heterocycles. The molecular formula is C8H14O2S. The van der Waals surface area contributed by atoms with Gasteiger partial charge in [0, 0.05) is 11.2 Å². The van der Waals surface area contributed by atoms with Gasteiger partial charge >= 0.3 is 0 Å². The van der Waals surface area contributed by atoms with Crippen LogP contribution in [0.3, 0.4) is 0 Å². The fourth-order valence-corrected chi connectivity index (χ4v) is 2.80. The van der Waals surface area contributed by atoms with E-state index in [4.69, 9.17) is 0 Å². The molecule has 0 amide bonds. The first kappa shape index (κ1) is 8.78. The molecule has 0 spiro atoms. The summed E-state index contributed by atoms with van der Waals surface area (Å²) in [5, 5.41) is 0. The van der Waals surface area contributed by atoms with E-state index in [9.17, 15) is 8.42 Å². The van der Waals surface area contributed by atoms with Crippen LogP contribution in [0.1, 0.15) is 26.2 Å². The lowest BCUT2D eigenvalue weighted by atomic mass is 9.98. The maximum atomic E-state index is 11.1. The lowest BCUT2D eigenvalue weighted by Crippen LogP contribution is -2.12. The smallest absolute Gasteiger partial charge is 0.171 e. The summed E-state index contributed by atoms with van der Waals surface area (Å²) in [4.78, 5) is 0.642. The highest BCUT2D eigenvalue weighted by atomic mass is 32.2. The highest BCUT2D eigenvalue weighted by molar-refractivity contribution is 7.94. The van der Waals surface area contributed by atoms with Gasteiger partial charge in [-0.1, -0.05) is 13.0 Å². The lowest BCUT2D eigenvalue weighted by Gasteiger charge is -2.18. The fourth-order valence-electron chi connectivity index (χ4n) is 1.53. The van der Waals surface area contributed by atoms with Gasteiger partial charge in [0.15, 0.2) is 9.84 Å². The molecule has 0 bridgehead atoms. The van der Waals surface area contributed by atoms with E-state index in [1.165, 1.54) is 6.26 Å². The average molecular weight is 174 g/mol. The van der Waals surface area contributed by atoms with E-state index >= 15 is 0 Å². The third-order valence-electron chi connectivity index (χ3n) is 2.10. The van der Waals surface area contributed by atoms with Crippen molar-refractivity contribution in [1.29, 1.82) is 0 Å². The van der Waals surface area contributed by atoms with Gasteiger partial charge in [0.25, 0.3) is 0 Å². The molecule has 0 N–H and O–H groups in total. The molecule has 1 unspecified atom stereocenters. The Morgan fingerprint density at radius 2 is 2.18 bits per heavy atom. The van der Waals surface area contributed by atoms with Crippen LogP contribution >= 0.6 is 0 Å². The van der Waals surface area contributed by atoms with E-state index in [0.717, 1.165) is 19.3 Å². The van der Waals surface area contributed by atoms with Crippen LogP contribution in [0.5, 0.6) is 0 Å². The molecule has 0 heterocycles. The third kappa shape index (κ3) is 2.06. The van der Waals surface area contributed by atoms with Gasteiger partial charge in [-0.15, -0.1) is 0 Å². The van der Waals surface area contributed by atoms with Crippen LogP contribution in [0.15, 0.2) is 11.0 Å². The van der Waals surface area contributed by atoms with Crippen LogP contribution in [-0.2, 0) is 9.84 Å². The monoisotopic (exact) mass is 174 g/mol. The van der Waals surface area contributed by atoms with E-state index in [0.29, 0.717) is 4.91 Å². The normalized spacial score (nSPS) is 26.4. The quantitative estimate of drug-likeness (QED) is 0.606. The van der Waals surface area contributed by atoms with Crippen molar-refractivity contribution in [3.63, 3.8) is 0 Å². The predicted octanol–water partition coefficient (Wildman–Crippen LogP) is 1.73. The Kier molecular flexibility index (Phi) is 2.37. The topological polar surface area (TPSA) is 34.1 Å². The summed E-state index contributed by atoms with van der Waals surface area (Å²) < 4.78 is 22.3. The van der Waals surface area contributed by atoms with Crippen molar-refractivity contribution >= 4 is 9.84 Å². The van der Waals surface area contributed by atoms with Crippen molar-refractivity contribution in [1.82, 2.24) is 0 Å². The Morgan fingerprint density at radius 3 is 2.55 bits per heavy atom. The van der Waals surface area contributed by atoms with Gasteiger partial charge in [0.2, 0.25) is 0 Å². The molecule has 11 heavy (non-hydrogen) atoms. The average Bonchev–Trinajstić information content (AvgIpc) is 1.86. The summed E-state index contributed by atoms with van der Waals surface area (Å²) in [6.07, 6.45) is 6.22. The molecule has 2 nitrogen and oxygen atoms in total. The number of sulfone groups is 1. The summed E-state index contributed by atoms with van der Waals surface area (Å²) in [6.45, 7) is 1.98. The molecule has 1 aliphatic rings. The first-order valence-corrected chi connectivity index (χ1v) is 5.81. The maximum absolute atomic E-state index is 11.1. The molecule has 1 aliphatic carbocycles. The van der Waals surface area contributed by atoms with Gasteiger partial charge in [0.05, 0.1) is 0 Å². The van der Waals surface area contributed by atoms with Crippen molar-refractivity contribution in [2.24, 2.45) is 5.92 Å². The Bertz CT molecular complexity index is 262. The van der Waals surface area contributed by atoms with E-state index in [-0.39, 0.29) is 5.92 Å². The van der Waals surface area contributed by atoms with Crippen LogP contribution in [0.2, 0.25) is 0 Å². The minimum absolute atomic E-state index is 0.235. The van der Waals surface area contributed by atoms with Crippen molar-refractivity contribution in [2.75, 3.05) is 6.26 Å². The van der Waals surface area contributed by atoms with Gasteiger partial charge in [-0.25, -0.2) is 8.42 Å². The molecule has 0 saturated heterocycles. The second-order valence-electron chi connectivity index (χ2n) is 3.21. The molecule has 0 radical (unpaired) electrons. The van der Waals surface area contributed by atoms with E-state index in [2.05, 4.69) is 0 Å². The zero-order valence-electron chi connectivity index (χ0n) is 7.00. The van der Waals surface area contributed by atoms with Gasteiger partial charge in [0.1, 0.15) is 0 Å². The van der Waals surface area contributed by atoms with Crippen LogP contribution in [0.25, 0.3) is 0 Å². The summed E-state index contributed by atoms with van der Waals surface area (Å²) in [6, 6.07) is 0. The third-order valence-corrected chi connectivity index (χ3v) is 3.53. The Labute approximate surface area is 68.2 Å². The van der Waals surface area contributed by atoms with Crippen LogP contribution in [0.4, 0.5) is 0 Å². The number of hydrogen-bond acceptors (Lipinski definition) is 2. The summed E-state index contributed by atoms with van der Waals surface area (Å²) in [5.74, 6) is 0.235. The van der Waals surface area contributed by atoms with Crippen LogP contribution in [-0.4, -0.2) is 14.7 Å². The van der Waals surface area contributed by atoms with E-state index < -0.39 is 9.84 Å². The molecule has 1 rings (SSSR count). The maximum Gasteiger partial charge on any atom is 0.171 e. The van der Waals surface area contributed by atoms with Crippen LogP contribution < -0.4 is 0 Å². The Balaban J connectivity index is 2.94. The molecule has 0 aromatic carbocycles. The molecule has 0 fully saturated rings. The minimum Gasteiger partial charge on any atom is -0.224 e. The minimum atomic E-state index is -2.91. The van der Waals surface area contributed by atoms with Crippen LogP contribution in [0, 0.1) is 5.92 Å². The van der Waals surface area contributed by atoms with Gasteiger partial charge < -0.3 is 0 Å². The van der Waals surface area contributed by atoms with Gasteiger partial charge in [-0.2, -0.15) is 0 Å². The van der Waals surface area contributed by atoms with Gasteiger partial charge in [-0.3, -0.25) is 0 Å². The first-order chi connectivity index (χ1) is 5.02. The molecule has 0 aromatic rings. The van der Waals surface area contributed by atoms with E-state index in [1.54, 1.807) is 0 Å². The predicted molar refractivity (Wildman–Crippen MR) is 45.9 cm³/mol. The van der Waals surface area contributed by atoms with E-state index in [1.807, 2.05) is 13.0 Å². The van der Waals surface area contributed by atoms with Gasteiger partial charge in [-0.05, 0) is 25.2 Å². The molecule has 1 atom stereocenters. The zero-order valence-corrected chi connectivity index (χ0v) is 7.82. The number of hydrogen-bond donors (Lipinski definition) is 0. The fraction of sp³-hybridized carbons (Fsp3) is 0.750. The summed E-state index contributed by atoms with van der Waals surface area (Å²) in [7, 11) is -2.91. The second kappa shape index (κ2) is 2.97. The highest BCUT2D eigenvalue weighted by Gasteiger charge is 2.20. The molecule has 0 saturated carbocycles. The SMILES string of the molecule is CC1CCCC=C1S(C)(=O)=O. The van der Waals surface area contributed by atoms with Crippen molar-refractivity contribution in [2.45, 2.75) is 26.2 Å². The summed E-state index contributed by atoms with van der Waals surface area (Å²) in [5.41, 5.74) is 0. The van der Waals surface area contributed by atoms with Crippen molar-refractivity contribution < 1.29 is 8.42 Å². The standard InChI is InChI=1S/C8H14O2S/c1-7-5-3-4-6-8(7)11(2,9)10/h6-7H,3-5H2,1-2H3. The number of allylic oxidation sites excluding steroid dienone is 2.